The predicted octanol–water partition coefficient (Wildman–Crippen LogP) is 3.92. The molecule has 0 bridgehead atoms. The predicted molar refractivity (Wildman–Crippen MR) is 179 cm³/mol. The molecule has 3 N–H and O–H groups in total. The van der Waals surface area contributed by atoms with Crippen molar-refractivity contribution >= 4 is 23.4 Å². The first-order chi connectivity index (χ1) is 22.7. The van der Waals surface area contributed by atoms with E-state index in [1.807, 2.05) is 54.1 Å². The van der Waals surface area contributed by atoms with Gasteiger partial charge >= 0.3 is 0 Å². The maximum atomic E-state index is 13.4. The highest BCUT2D eigenvalue weighted by Gasteiger charge is 2.48. The summed E-state index contributed by atoms with van der Waals surface area (Å²) in [5.41, 5.74) is 6.78. The van der Waals surface area contributed by atoms with E-state index < -0.39 is 0 Å². The molecule has 4 heterocycles. The zero-order valence-corrected chi connectivity index (χ0v) is 27.3. The normalized spacial score (nSPS) is 17.0. The number of carbonyl (C=O) groups is 3. The van der Waals surface area contributed by atoms with Gasteiger partial charge in [-0.05, 0) is 73.7 Å². The van der Waals surface area contributed by atoms with Crippen molar-refractivity contribution in [1.29, 1.82) is 0 Å². The Hall–Kier alpha value is -4.74. The molecule has 1 spiro atoms. The van der Waals surface area contributed by atoms with Gasteiger partial charge in [0.05, 0.1) is 23.3 Å². The molecular weight excluding hydrogens is 592 g/mol. The van der Waals surface area contributed by atoms with Crippen LogP contribution in [0.1, 0.15) is 79.0 Å². The van der Waals surface area contributed by atoms with Crippen molar-refractivity contribution in [3.05, 3.63) is 106 Å². The van der Waals surface area contributed by atoms with E-state index in [1.54, 1.807) is 25.2 Å². The lowest BCUT2D eigenvalue weighted by Gasteiger charge is -2.53. The third-order valence-electron chi connectivity index (χ3n) is 10.1. The molecule has 1 saturated heterocycles. The summed E-state index contributed by atoms with van der Waals surface area (Å²) in [7, 11) is 3.53. The fourth-order valence-electron chi connectivity index (χ4n) is 7.09. The molecule has 1 aliphatic carbocycles. The van der Waals surface area contributed by atoms with Gasteiger partial charge in [0.2, 0.25) is 0 Å². The molecule has 1 saturated carbocycles. The van der Waals surface area contributed by atoms with Gasteiger partial charge in [0.15, 0.2) is 0 Å². The molecule has 2 fully saturated rings. The lowest BCUT2D eigenvalue weighted by atomic mass is 9.71. The Balaban J connectivity index is 0.964. The Labute approximate surface area is 274 Å². The van der Waals surface area contributed by atoms with Crippen LogP contribution in [0, 0.1) is 6.92 Å². The zero-order chi connectivity index (χ0) is 32.7. The van der Waals surface area contributed by atoms with Crippen LogP contribution in [0.25, 0.3) is 0 Å². The standard InChI is InChI=1S/C36H42N8O3/c1-24-30(22-39-44(24)29-20-37-21-29)33(45)40-28-11-7-25(8-12-28)19-38-34(46)31-13-14-32-36(15-4-16-36)42(17-18-43(31)32)23-26-5-9-27(10-6-26)35(47)41(2)3/h5-14,22,29,37H,4,15-21,23H2,1-3H3,(H,38,46)(H,40,45). The molecule has 11 nitrogen and oxygen atoms in total. The molecule has 4 aromatic rings. The van der Waals surface area contributed by atoms with Gasteiger partial charge in [-0.3, -0.25) is 24.0 Å². The maximum absolute atomic E-state index is 13.4. The van der Waals surface area contributed by atoms with Gasteiger partial charge in [-0.25, -0.2) is 0 Å². The number of fused-ring (bicyclic) bond motifs is 2. The third kappa shape index (κ3) is 5.74. The minimum Gasteiger partial charge on any atom is -0.347 e. The summed E-state index contributed by atoms with van der Waals surface area (Å²) >= 11 is 0. The topological polar surface area (TPSA) is 117 Å². The van der Waals surface area contributed by atoms with Crippen LogP contribution in [0.15, 0.2) is 66.9 Å². The fourth-order valence-corrected chi connectivity index (χ4v) is 7.09. The summed E-state index contributed by atoms with van der Waals surface area (Å²) in [5.74, 6) is -0.268. The van der Waals surface area contributed by atoms with Crippen molar-refractivity contribution in [2.75, 3.05) is 39.0 Å². The number of rotatable bonds is 9. The zero-order valence-electron chi connectivity index (χ0n) is 27.3. The average molecular weight is 635 g/mol. The molecule has 11 heteroatoms. The quantitative estimate of drug-likeness (QED) is 0.257. The monoisotopic (exact) mass is 634 g/mol. The molecule has 0 unspecified atom stereocenters. The average Bonchev–Trinajstić information content (AvgIpc) is 3.63. The van der Waals surface area contributed by atoms with Crippen LogP contribution in [0.2, 0.25) is 0 Å². The first kappa shape index (κ1) is 30.9. The smallest absolute Gasteiger partial charge is 0.268 e. The van der Waals surface area contributed by atoms with Gasteiger partial charge in [-0.15, -0.1) is 0 Å². The Morgan fingerprint density at radius 2 is 1.66 bits per heavy atom. The maximum Gasteiger partial charge on any atom is 0.268 e. The molecule has 2 aliphatic heterocycles. The van der Waals surface area contributed by atoms with Gasteiger partial charge in [0.25, 0.3) is 17.7 Å². The van der Waals surface area contributed by atoms with Crippen molar-refractivity contribution in [3.63, 3.8) is 0 Å². The summed E-state index contributed by atoms with van der Waals surface area (Å²) in [6.45, 7) is 6.45. The molecule has 47 heavy (non-hydrogen) atoms. The van der Waals surface area contributed by atoms with Crippen molar-refractivity contribution < 1.29 is 14.4 Å². The van der Waals surface area contributed by atoms with Gasteiger partial charge in [-0.1, -0.05) is 24.3 Å². The minimum atomic E-state index is -0.183. The van der Waals surface area contributed by atoms with Gasteiger partial charge < -0.3 is 25.4 Å². The highest BCUT2D eigenvalue weighted by atomic mass is 16.2. The third-order valence-corrected chi connectivity index (χ3v) is 10.1. The number of nitrogens with one attached hydrogen (secondary N) is 3. The van der Waals surface area contributed by atoms with Crippen LogP contribution in [0.5, 0.6) is 0 Å². The van der Waals surface area contributed by atoms with Gasteiger partial charge in [-0.2, -0.15) is 5.10 Å². The van der Waals surface area contributed by atoms with Crippen molar-refractivity contribution in [3.8, 4) is 0 Å². The molecule has 244 valence electrons. The van der Waals surface area contributed by atoms with Gasteiger partial charge in [0.1, 0.15) is 5.69 Å². The Morgan fingerprint density at radius 3 is 2.30 bits per heavy atom. The van der Waals surface area contributed by atoms with Crippen LogP contribution >= 0.6 is 0 Å². The number of aromatic nitrogens is 3. The van der Waals surface area contributed by atoms with Crippen LogP contribution in [-0.2, 0) is 25.2 Å². The van der Waals surface area contributed by atoms with Crippen molar-refractivity contribution in [2.45, 2.75) is 57.4 Å². The van der Waals surface area contributed by atoms with Crippen LogP contribution in [0.4, 0.5) is 5.69 Å². The van der Waals surface area contributed by atoms with E-state index in [2.05, 4.69) is 48.7 Å². The van der Waals surface area contributed by atoms with Crippen LogP contribution in [0.3, 0.4) is 0 Å². The van der Waals surface area contributed by atoms with E-state index in [0.717, 1.165) is 63.2 Å². The van der Waals surface area contributed by atoms with Crippen LogP contribution in [-0.4, -0.2) is 75.6 Å². The summed E-state index contributed by atoms with van der Waals surface area (Å²) in [5, 5.41) is 13.7. The van der Waals surface area contributed by atoms with E-state index in [0.29, 0.717) is 35.1 Å². The number of carbonyl (C=O) groups excluding carboxylic acids is 3. The Kier molecular flexibility index (Phi) is 8.19. The number of nitrogens with zero attached hydrogens (tertiary/aromatic N) is 5. The van der Waals surface area contributed by atoms with E-state index in [-0.39, 0.29) is 23.3 Å². The summed E-state index contributed by atoms with van der Waals surface area (Å²) in [6.07, 6.45) is 4.93. The lowest BCUT2D eigenvalue weighted by molar-refractivity contribution is -0.0217. The van der Waals surface area contributed by atoms with Crippen LogP contribution < -0.4 is 16.0 Å². The van der Waals surface area contributed by atoms with E-state index >= 15 is 0 Å². The Morgan fingerprint density at radius 1 is 0.936 bits per heavy atom. The Bertz CT molecular complexity index is 1800. The SMILES string of the molecule is Cc1c(C(=O)Nc2ccc(CNC(=O)c3ccc4n3CCN(Cc3ccc(C(=O)N(C)C)cc3)C43CCC3)cc2)cnn1C1CNC1. The molecule has 3 aliphatic rings. The second kappa shape index (κ2) is 12.5. The second-order valence-corrected chi connectivity index (χ2v) is 13.2. The van der Waals surface area contributed by atoms with E-state index in [1.165, 1.54) is 11.3 Å². The van der Waals surface area contributed by atoms with E-state index in [4.69, 9.17) is 0 Å². The largest absolute Gasteiger partial charge is 0.347 e. The summed E-state index contributed by atoms with van der Waals surface area (Å²) < 4.78 is 4.12. The van der Waals surface area contributed by atoms with Crippen molar-refractivity contribution in [2.24, 2.45) is 0 Å². The minimum absolute atomic E-state index is 0.00600. The first-order valence-electron chi connectivity index (χ1n) is 16.4. The molecular formula is C36H42N8O3. The first-order valence-corrected chi connectivity index (χ1v) is 16.4. The second-order valence-electron chi connectivity index (χ2n) is 13.2. The summed E-state index contributed by atoms with van der Waals surface area (Å²) in [4.78, 5) is 42.8. The number of anilines is 1. The number of amides is 3. The van der Waals surface area contributed by atoms with E-state index in [9.17, 15) is 14.4 Å². The molecule has 2 aromatic heterocycles. The molecule has 7 rings (SSSR count). The summed E-state index contributed by atoms with van der Waals surface area (Å²) in [6, 6.07) is 19.9. The fraction of sp³-hybridized carbons (Fsp3) is 0.389. The molecule has 2 aromatic carbocycles. The molecule has 3 amide bonds. The highest BCUT2D eigenvalue weighted by molar-refractivity contribution is 6.05. The molecule has 0 radical (unpaired) electrons. The van der Waals surface area contributed by atoms with Gasteiger partial charge in [0, 0.05) is 76.0 Å². The lowest BCUT2D eigenvalue weighted by Crippen LogP contribution is -2.56. The number of benzene rings is 2. The van der Waals surface area contributed by atoms with Crippen molar-refractivity contribution in [1.82, 2.24) is 34.8 Å². The number of hydrogen-bond donors (Lipinski definition) is 3. The molecule has 0 atom stereocenters. The number of hydrogen-bond acceptors (Lipinski definition) is 6. The highest BCUT2D eigenvalue weighted by Crippen LogP contribution is 2.49.